The number of hydrogen-bond donors (Lipinski definition) is 1. The van der Waals surface area contributed by atoms with Gasteiger partial charge in [0.25, 0.3) is 0 Å². The molecule has 40 heavy (non-hydrogen) atoms. The number of halogens is 3. The molecule has 4 rings (SSSR count). The predicted octanol–water partition coefficient (Wildman–Crippen LogP) is 3.96. The van der Waals surface area contributed by atoms with E-state index in [0.29, 0.717) is 24.5 Å². The Kier molecular flexibility index (Phi) is 8.89. The summed E-state index contributed by atoms with van der Waals surface area (Å²) >= 11 is 0. The summed E-state index contributed by atoms with van der Waals surface area (Å²) in [6, 6.07) is 17.1. The fourth-order valence-electron chi connectivity index (χ4n) is 4.55. The standard InChI is InChI=1S/C28H30F3N3O5S/c1-38-25-12-11-23(19-26(25)39-2)40(36,37)32-24(17-20-7-4-3-5-8-20)27(35)34-15-13-33(14-16-34)22-10-6-9-21(18-22)28(29,30)31/h3-12,18-19,24,32H,13-17H2,1-2H3/t24-/m0/s1. The summed E-state index contributed by atoms with van der Waals surface area (Å²) in [7, 11) is -1.32. The third-order valence-corrected chi connectivity index (χ3v) is 8.14. The van der Waals surface area contributed by atoms with E-state index >= 15 is 0 Å². The molecule has 1 aliphatic heterocycles. The van der Waals surface area contributed by atoms with E-state index in [4.69, 9.17) is 9.47 Å². The number of nitrogens with one attached hydrogen (secondary N) is 1. The first-order valence-electron chi connectivity index (χ1n) is 12.5. The number of piperazine rings is 1. The van der Waals surface area contributed by atoms with Crippen LogP contribution in [0.3, 0.4) is 0 Å². The Morgan fingerprint density at radius 1 is 0.900 bits per heavy atom. The number of nitrogens with zero attached hydrogens (tertiary/aromatic N) is 2. The number of anilines is 1. The minimum Gasteiger partial charge on any atom is -0.493 e. The molecule has 8 nitrogen and oxygen atoms in total. The van der Waals surface area contributed by atoms with E-state index in [0.717, 1.165) is 17.7 Å². The number of hydrogen-bond acceptors (Lipinski definition) is 6. The maximum absolute atomic E-state index is 13.7. The second-order valence-electron chi connectivity index (χ2n) is 9.24. The maximum atomic E-state index is 13.7. The second-order valence-corrected chi connectivity index (χ2v) is 11.0. The van der Waals surface area contributed by atoms with Gasteiger partial charge >= 0.3 is 6.18 Å². The molecule has 0 spiro atoms. The van der Waals surface area contributed by atoms with Crippen molar-refractivity contribution in [3.05, 3.63) is 83.9 Å². The van der Waals surface area contributed by atoms with Crippen molar-refractivity contribution in [2.24, 2.45) is 0 Å². The van der Waals surface area contributed by atoms with Gasteiger partial charge in [-0.2, -0.15) is 17.9 Å². The lowest BCUT2D eigenvalue weighted by molar-refractivity contribution is -0.137. The van der Waals surface area contributed by atoms with Gasteiger partial charge in [-0.25, -0.2) is 8.42 Å². The molecule has 0 aliphatic carbocycles. The number of benzene rings is 3. The first kappa shape index (κ1) is 29.2. The Balaban J connectivity index is 1.52. The van der Waals surface area contributed by atoms with Crippen molar-refractivity contribution in [1.82, 2.24) is 9.62 Å². The zero-order valence-electron chi connectivity index (χ0n) is 22.0. The van der Waals surface area contributed by atoms with Crippen LogP contribution in [-0.4, -0.2) is 65.7 Å². The number of amides is 1. The SMILES string of the molecule is COc1ccc(S(=O)(=O)N[C@@H](Cc2ccccc2)C(=O)N2CCN(c3cccc(C(F)(F)F)c3)CC2)cc1OC. The second kappa shape index (κ2) is 12.2. The van der Waals surface area contributed by atoms with Crippen molar-refractivity contribution in [2.75, 3.05) is 45.3 Å². The highest BCUT2D eigenvalue weighted by molar-refractivity contribution is 7.89. The molecule has 0 aromatic heterocycles. The van der Waals surface area contributed by atoms with E-state index in [1.165, 1.54) is 43.4 Å². The largest absolute Gasteiger partial charge is 0.493 e. The van der Waals surface area contributed by atoms with Crippen LogP contribution in [0.1, 0.15) is 11.1 Å². The summed E-state index contributed by atoms with van der Waals surface area (Å²) in [6.07, 6.45) is -4.34. The van der Waals surface area contributed by atoms with Crippen LogP contribution in [0, 0.1) is 0 Å². The van der Waals surface area contributed by atoms with Crippen LogP contribution in [0.2, 0.25) is 0 Å². The minimum atomic E-state index is -4.45. The van der Waals surface area contributed by atoms with E-state index in [2.05, 4.69) is 4.72 Å². The lowest BCUT2D eigenvalue weighted by Gasteiger charge is -2.38. The van der Waals surface area contributed by atoms with Crippen LogP contribution >= 0.6 is 0 Å². The molecule has 0 unspecified atom stereocenters. The van der Waals surface area contributed by atoms with Crippen molar-refractivity contribution in [2.45, 2.75) is 23.5 Å². The Labute approximate surface area is 231 Å². The lowest BCUT2D eigenvalue weighted by atomic mass is 10.1. The maximum Gasteiger partial charge on any atom is 0.416 e. The zero-order chi connectivity index (χ0) is 28.9. The van der Waals surface area contributed by atoms with Gasteiger partial charge in [0.15, 0.2) is 11.5 Å². The molecule has 1 N–H and O–H groups in total. The van der Waals surface area contributed by atoms with E-state index in [1.807, 2.05) is 6.07 Å². The van der Waals surface area contributed by atoms with E-state index in [9.17, 15) is 26.4 Å². The van der Waals surface area contributed by atoms with Gasteiger partial charge in [-0.05, 0) is 42.3 Å². The number of carbonyl (C=O) groups is 1. The van der Waals surface area contributed by atoms with Gasteiger partial charge in [-0.15, -0.1) is 0 Å². The molecular formula is C28H30F3N3O5S. The van der Waals surface area contributed by atoms with Crippen LogP contribution in [0.5, 0.6) is 11.5 Å². The summed E-state index contributed by atoms with van der Waals surface area (Å²) in [4.78, 5) is 16.9. The molecule has 1 saturated heterocycles. The van der Waals surface area contributed by atoms with Gasteiger partial charge in [0.2, 0.25) is 15.9 Å². The zero-order valence-corrected chi connectivity index (χ0v) is 22.8. The lowest BCUT2D eigenvalue weighted by Crippen LogP contribution is -2.55. The summed E-state index contributed by atoms with van der Waals surface area (Å²) < 4.78 is 79.2. The highest BCUT2D eigenvalue weighted by atomic mass is 32.2. The summed E-state index contributed by atoms with van der Waals surface area (Å²) in [6.45, 7) is 1.04. The first-order chi connectivity index (χ1) is 19.0. The third kappa shape index (κ3) is 6.86. The summed E-state index contributed by atoms with van der Waals surface area (Å²) in [5, 5.41) is 0. The average Bonchev–Trinajstić information content (AvgIpc) is 2.96. The first-order valence-corrected chi connectivity index (χ1v) is 14.0. The third-order valence-electron chi connectivity index (χ3n) is 6.67. The number of alkyl halides is 3. The van der Waals surface area contributed by atoms with Crippen LogP contribution < -0.4 is 19.1 Å². The Bertz CT molecular complexity index is 1430. The van der Waals surface area contributed by atoms with Gasteiger partial charge < -0.3 is 19.3 Å². The molecule has 3 aromatic rings. The predicted molar refractivity (Wildman–Crippen MR) is 144 cm³/mol. The molecule has 1 fully saturated rings. The highest BCUT2D eigenvalue weighted by Crippen LogP contribution is 2.32. The van der Waals surface area contributed by atoms with Gasteiger partial charge in [0, 0.05) is 37.9 Å². The summed E-state index contributed by atoms with van der Waals surface area (Å²) in [5.74, 6) is 0.163. The number of methoxy groups -OCH3 is 2. The molecule has 1 amide bonds. The van der Waals surface area contributed by atoms with Crippen LogP contribution in [-0.2, 0) is 27.4 Å². The molecular weight excluding hydrogens is 547 g/mol. The van der Waals surface area contributed by atoms with Crippen molar-refractivity contribution < 1.29 is 35.9 Å². The number of sulfonamides is 1. The van der Waals surface area contributed by atoms with E-state index in [1.54, 1.807) is 35.2 Å². The number of carbonyl (C=O) groups excluding carboxylic acids is 1. The molecule has 1 heterocycles. The van der Waals surface area contributed by atoms with Crippen LogP contribution in [0.25, 0.3) is 0 Å². The molecule has 0 radical (unpaired) electrons. The van der Waals surface area contributed by atoms with Crippen molar-refractivity contribution in [3.63, 3.8) is 0 Å². The van der Waals surface area contributed by atoms with Crippen molar-refractivity contribution in [3.8, 4) is 11.5 Å². The average molecular weight is 578 g/mol. The molecule has 0 bridgehead atoms. The normalized spacial score (nSPS) is 15.0. The fraction of sp³-hybridized carbons (Fsp3) is 0.321. The smallest absolute Gasteiger partial charge is 0.416 e. The van der Waals surface area contributed by atoms with Gasteiger partial charge in [-0.3, -0.25) is 4.79 Å². The van der Waals surface area contributed by atoms with Gasteiger partial charge in [0.05, 0.1) is 24.7 Å². The Morgan fingerprint density at radius 2 is 1.57 bits per heavy atom. The van der Waals surface area contributed by atoms with Crippen LogP contribution in [0.15, 0.2) is 77.7 Å². The monoisotopic (exact) mass is 577 g/mol. The van der Waals surface area contributed by atoms with Crippen LogP contribution in [0.4, 0.5) is 18.9 Å². The topological polar surface area (TPSA) is 88.2 Å². The number of ether oxygens (including phenoxy) is 2. The molecule has 12 heteroatoms. The van der Waals surface area contributed by atoms with E-state index in [-0.39, 0.29) is 30.2 Å². The van der Waals surface area contributed by atoms with E-state index < -0.39 is 33.7 Å². The van der Waals surface area contributed by atoms with Crippen molar-refractivity contribution >= 4 is 21.6 Å². The molecule has 3 aromatic carbocycles. The number of rotatable bonds is 9. The fourth-order valence-corrected chi connectivity index (χ4v) is 5.76. The highest BCUT2D eigenvalue weighted by Gasteiger charge is 2.33. The van der Waals surface area contributed by atoms with Gasteiger partial charge in [-0.1, -0.05) is 36.4 Å². The molecule has 1 aliphatic rings. The van der Waals surface area contributed by atoms with Gasteiger partial charge in [0.1, 0.15) is 6.04 Å². The Morgan fingerprint density at radius 3 is 2.20 bits per heavy atom. The molecule has 0 saturated carbocycles. The quantitative estimate of drug-likeness (QED) is 0.414. The minimum absolute atomic E-state index is 0.0922. The Hall–Kier alpha value is -3.77. The summed E-state index contributed by atoms with van der Waals surface area (Å²) in [5.41, 5.74) is 0.436. The molecule has 214 valence electrons. The molecule has 1 atom stereocenters. The van der Waals surface area contributed by atoms with Crippen molar-refractivity contribution in [1.29, 1.82) is 0 Å².